The Bertz CT molecular complexity index is 2310. The molecule has 0 bridgehead atoms. The number of furan rings is 1. The van der Waals surface area contributed by atoms with Crippen LogP contribution in [0.2, 0.25) is 0 Å². The molecule has 262 valence electrons. The molecule has 0 spiro atoms. The van der Waals surface area contributed by atoms with Gasteiger partial charge in [-0.15, -0.1) is 11.8 Å². The van der Waals surface area contributed by atoms with Crippen molar-refractivity contribution in [3.05, 3.63) is 154 Å². The third-order valence-electron chi connectivity index (χ3n) is 8.12. The zero-order valence-electron chi connectivity index (χ0n) is 28.6. The van der Waals surface area contributed by atoms with Crippen molar-refractivity contribution in [3.63, 3.8) is 0 Å². The first-order chi connectivity index (χ1) is 25.2. The van der Waals surface area contributed by atoms with E-state index in [2.05, 4.69) is 16.0 Å². The molecule has 52 heavy (non-hydrogen) atoms. The van der Waals surface area contributed by atoms with Crippen molar-refractivity contribution >= 4 is 46.9 Å². The second-order valence-electron chi connectivity index (χ2n) is 11.5. The lowest BCUT2D eigenvalue weighted by atomic mass is 10.1. The van der Waals surface area contributed by atoms with E-state index in [0.717, 1.165) is 10.5 Å². The molecular weight excluding hydrogens is 679 g/mol. The number of para-hydroxylation sites is 2. The predicted octanol–water partition coefficient (Wildman–Crippen LogP) is 6.89. The van der Waals surface area contributed by atoms with Crippen LogP contribution in [0.4, 0.5) is 11.4 Å². The highest BCUT2D eigenvalue weighted by Crippen LogP contribution is 2.31. The minimum atomic E-state index is -0.571. The molecule has 0 saturated carbocycles. The van der Waals surface area contributed by atoms with Crippen molar-refractivity contribution in [2.45, 2.75) is 11.8 Å². The average molecular weight is 714 g/mol. The van der Waals surface area contributed by atoms with Gasteiger partial charge in [-0.3, -0.25) is 23.9 Å². The summed E-state index contributed by atoms with van der Waals surface area (Å²) in [6, 6.07) is 35.5. The van der Waals surface area contributed by atoms with Crippen LogP contribution in [0.25, 0.3) is 23.1 Å². The Morgan fingerprint density at radius 3 is 2.21 bits per heavy atom. The molecule has 6 rings (SSSR count). The molecule has 12 heteroatoms. The third-order valence-corrected chi connectivity index (χ3v) is 9.13. The summed E-state index contributed by atoms with van der Waals surface area (Å²) in [7, 11) is 3.34. The number of nitrogens with zero attached hydrogens (tertiary/aromatic N) is 2. The van der Waals surface area contributed by atoms with Gasteiger partial charge in [-0.25, -0.2) is 4.68 Å². The van der Waals surface area contributed by atoms with E-state index in [4.69, 9.17) is 9.15 Å². The fourth-order valence-electron chi connectivity index (χ4n) is 5.38. The zero-order chi connectivity index (χ0) is 36.6. The summed E-state index contributed by atoms with van der Waals surface area (Å²) in [6.45, 7) is 1.78. The quantitative estimate of drug-likeness (QED) is 0.0928. The summed E-state index contributed by atoms with van der Waals surface area (Å²) in [5, 5.41) is 8.30. The Hall–Kier alpha value is -6.53. The number of ether oxygens (including phenoxy) is 1. The Labute approximate surface area is 303 Å². The van der Waals surface area contributed by atoms with Gasteiger partial charge < -0.3 is 25.1 Å². The third kappa shape index (κ3) is 8.09. The van der Waals surface area contributed by atoms with E-state index >= 15 is 0 Å². The number of amides is 3. The Morgan fingerprint density at radius 1 is 0.827 bits per heavy atom. The van der Waals surface area contributed by atoms with Crippen LogP contribution in [0, 0.1) is 6.92 Å². The first-order valence-electron chi connectivity index (χ1n) is 16.2. The molecule has 6 aromatic rings. The fraction of sp³-hybridized carbons (Fsp3) is 0.100. The molecule has 0 aliphatic heterocycles. The summed E-state index contributed by atoms with van der Waals surface area (Å²) in [5.41, 5.74) is 2.78. The molecule has 2 heterocycles. The lowest BCUT2D eigenvalue weighted by Gasteiger charge is -2.11. The van der Waals surface area contributed by atoms with Gasteiger partial charge in [0.2, 0.25) is 5.91 Å². The van der Waals surface area contributed by atoms with Gasteiger partial charge in [-0.05, 0) is 79.7 Å². The van der Waals surface area contributed by atoms with Crippen molar-refractivity contribution < 1.29 is 23.5 Å². The molecule has 0 saturated heterocycles. The van der Waals surface area contributed by atoms with Gasteiger partial charge in [0.25, 0.3) is 17.4 Å². The number of carbonyl (C=O) groups is 3. The lowest BCUT2D eigenvalue weighted by Crippen LogP contribution is -2.30. The number of aromatic nitrogens is 2. The van der Waals surface area contributed by atoms with Crippen molar-refractivity contribution in [2.75, 3.05) is 23.5 Å². The molecule has 2 aromatic heterocycles. The number of methoxy groups -OCH3 is 1. The molecule has 0 aliphatic carbocycles. The summed E-state index contributed by atoms with van der Waals surface area (Å²) >= 11 is 1.28. The number of carbonyl (C=O) groups excluding carboxylic acids is 3. The Kier molecular flexibility index (Phi) is 10.9. The second-order valence-corrected chi connectivity index (χ2v) is 12.6. The molecule has 3 N–H and O–H groups in total. The molecule has 4 aromatic carbocycles. The first-order valence-corrected chi connectivity index (χ1v) is 17.2. The number of rotatable bonds is 12. The second kappa shape index (κ2) is 16.0. The molecule has 0 radical (unpaired) electrons. The summed E-state index contributed by atoms with van der Waals surface area (Å²) < 4.78 is 14.7. The average Bonchev–Trinajstić information content (AvgIpc) is 3.72. The van der Waals surface area contributed by atoms with Gasteiger partial charge in [0, 0.05) is 29.3 Å². The smallest absolute Gasteiger partial charge is 0.295 e. The molecule has 11 nitrogen and oxygen atoms in total. The lowest BCUT2D eigenvalue weighted by molar-refractivity contribution is -0.114. The number of hydrogen-bond acceptors (Lipinski definition) is 7. The van der Waals surface area contributed by atoms with Crippen molar-refractivity contribution in [3.8, 4) is 22.8 Å². The van der Waals surface area contributed by atoms with Crippen LogP contribution >= 0.6 is 11.8 Å². The molecule has 0 fully saturated rings. The highest BCUT2D eigenvalue weighted by atomic mass is 32.2. The van der Waals surface area contributed by atoms with E-state index in [1.807, 2.05) is 54.6 Å². The monoisotopic (exact) mass is 713 g/mol. The van der Waals surface area contributed by atoms with Crippen LogP contribution < -0.4 is 26.2 Å². The van der Waals surface area contributed by atoms with E-state index in [1.54, 1.807) is 92.5 Å². The maximum atomic E-state index is 13.6. The zero-order valence-corrected chi connectivity index (χ0v) is 29.4. The van der Waals surface area contributed by atoms with Crippen molar-refractivity contribution in [2.24, 2.45) is 7.05 Å². The van der Waals surface area contributed by atoms with Crippen LogP contribution in [-0.4, -0.2) is 39.9 Å². The fourth-order valence-corrected chi connectivity index (χ4v) is 6.08. The number of benzene rings is 4. The molecule has 0 atom stereocenters. The van der Waals surface area contributed by atoms with Crippen molar-refractivity contribution in [1.82, 2.24) is 14.7 Å². The van der Waals surface area contributed by atoms with Gasteiger partial charge in [0.05, 0.1) is 29.8 Å². The highest BCUT2D eigenvalue weighted by molar-refractivity contribution is 8.00. The van der Waals surface area contributed by atoms with Crippen LogP contribution in [0.15, 0.2) is 141 Å². The molecule has 0 aliphatic rings. The highest BCUT2D eigenvalue weighted by Gasteiger charge is 2.19. The SMILES string of the molecule is COc1ccccc1-c1ccc(C=C(NC(=O)c2ccccc2)C(=O)Nc2ccc(SCC(=O)Nc3c(C)n(C)n(-c4ccccc4)c3=O)cc2)o1. The molecule has 3 amide bonds. The van der Waals surface area contributed by atoms with Gasteiger partial charge in [0.15, 0.2) is 0 Å². The number of hydrogen-bond donors (Lipinski definition) is 3. The Morgan fingerprint density at radius 2 is 1.50 bits per heavy atom. The largest absolute Gasteiger partial charge is 0.496 e. The van der Waals surface area contributed by atoms with Gasteiger partial charge in [-0.2, -0.15) is 0 Å². The minimum absolute atomic E-state index is 0.0348. The van der Waals surface area contributed by atoms with E-state index in [1.165, 1.54) is 22.5 Å². The van der Waals surface area contributed by atoms with Crippen molar-refractivity contribution in [1.29, 1.82) is 0 Å². The normalized spacial score (nSPS) is 11.2. The van der Waals surface area contributed by atoms with E-state index in [9.17, 15) is 19.2 Å². The van der Waals surface area contributed by atoms with E-state index in [0.29, 0.717) is 39.9 Å². The summed E-state index contributed by atoms with van der Waals surface area (Å²) in [4.78, 5) is 53.5. The minimum Gasteiger partial charge on any atom is -0.496 e. The maximum Gasteiger partial charge on any atom is 0.295 e. The maximum absolute atomic E-state index is 13.6. The molecular formula is C40H35N5O6S. The Balaban J connectivity index is 1.13. The van der Waals surface area contributed by atoms with Crippen LogP contribution in [0.1, 0.15) is 21.8 Å². The topological polar surface area (TPSA) is 137 Å². The van der Waals surface area contributed by atoms with E-state index in [-0.39, 0.29) is 28.6 Å². The number of thioether (sulfide) groups is 1. The van der Waals surface area contributed by atoms with Gasteiger partial charge >= 0.3 is 0 Å². The predicted molar refractivity (Wildman–Crippen MR) is 203 cm³/mol. The van der Waals surface area contributed by atoms with Crippen LogP contribution in [0.5, 0.6) is 5.75 Å². The van der Waals surface area contributed by atoms with Crippen LogP contribution in [0.3, 0.4) is 0 Å². The summed E-state index contributed by atoms with van der Waals surface area (Å²) in [6.07, 6.45) is 1.46. The van der Waals surface area contributed by atoms with Crippen LogP contribution in [-0.2, 0) is 16.6 Å². The number of anilines is 2. The number of nitrogens with one attached hydrogen (secondary N) is 3. The molecule has 0 unspecified atom stereocenters. The standard InChI is InChI=1S/C40H35N5O6S/c1-26-37(40(49)45(44(26)2)29-14-8-5-9-15-29)43-36(46)25-52-31-21-18-28(19-22-31)41-39(48)33(42-38(47)27-12-6-4-7-13-27)24-30-20-23-35(51-30)32-16-10-11-17-34(32)50-3/h4-24H,25H2,1-3H3,(H,41,48)(H,42,47)(H,43,46). The summed E-state index contributed by atoms with van der Waals surface area (Å²) in [5.74, 6) is 0.195. The van der Waals surface area contributed by atoms with Gasteiger partial charge in [-0.1, -0.05) is 48.5 Å². The first kappa shape index (κ1) is 35.3. The van der Waals surface area contributed by atoms with Gasteiger partial charge in [0.1, 0.15) is 28.7 Å². The van der Waals surface area contributed by atoms with E-state index < -0.39 is 11.8 Å².